The molecule has 16 heavy (non-hydrogen) atoms. The fraction of sp³-hybridized carbons (Fsp3) is 0.923. The molecule has 2 rings (SSSR count). The van der Waals surface area contributed by atoms with Gasteiger partial charge in [0.2, 0.25) is 5.91 Å². The lowest BCUT2D eigenvalue weighted by Gasteiger charge is -2.27. The Morgan fingerprint density at radius 2 is 1.94 bits per heavy atom. The average Bonchev–Trinajstić information content (AvgIpc) is 3.03. The van der Waals surface area contributed by atoms with Crippen LogP contribution in [0.25, 0.3) is 0 Å². The molecule has 0 aromatic rings. The number of hydrogen-bond donors (Lipinski definition) is 1. The molecule has 0 bridgehead atoms. The molecule has 0 spiro atoms. The van der Waals surface area contributed by atoms with Gasteiger partial charge in [0, 0.05) is 11.8 Å². The molecule has 2 nitrogen and oxygen atoms in total. The molecular formula is C13H22ClNO. The molecule has 0 aromatic heterocycles. The van der Waals surface area contributed by atoms with Gasteiger partial charge in [0.05, 0.1) is 5.54 Å². The lowest BCUT2D eigenvalue weighted by atomic mass is 10.0. The predicted molar refractivity (Wildman–Crippen MR) is 66.5 cm³/mol. The minimum atomic E-state index is -0.218. The van der Waals surface area contributed by atoms with Gasteiger partial charge < -0.3 is 5.32 Å². The summed E-state index contributed by atoms with van der Waals surface area (Å²) in [5.74, 6) is 2.42. The normalized spacial score (nSPS) is 36.1. The van der Waals surface area contributed by atoms with Crippen molar-refractivity contribution < 1.29 is 4.79 Å². The van der Waals surface area contributed by atoms with E-state index in [4.69, 9.17) is 11.6 Å². The van der Waals surface area contributed by atoms with Crippen LogP contribution in [0.4, 0.5) is 0 Å². The summed E-state index contributed by atoms with van der Waals surface area (Å²) in [6.07, 6.45) is 6.03. The molecule has 1 amide bonds. The molecule has 2 saturated carbocycles. The van der Waals surface area contributed by atoms with Crippen molar-refractivity contribution in [1.29, 1.82) is 0 Å². The highest BCUT2D eigenvalue weighted by Gasteiger charge is 2.55. The Labute approximate surface area is 103 Å². The minimum Gasteiger partial charge on any atom is -0.349 e. The van der Waals surface area contributed by atoms with Gasteiger partial charge in [-0.3, -0.25) is 4.79 Å². The van der Waals surface area contributed by atoms with Gasteiger partial charge in [-0.15, -0.1) is 11.6 Å². The van der Waals surface area contributed by atoms with Gasteiger partial charge in [-0.1, -0.05) is 19.8 Å². The molecule has 2 fully saturated rings. The molecule has 0 heterocycles. The van der Waals surface area contributed by atoms with Gasteiger partial charge in [0.1, 0.15) is 0 Å². The third-order valence-electron chi connectivity index (χ3n) is 4.46. The van der Waals surface area contributed by atoms with E-state index in [1.807, 2.05) is 6.92 Å². The van der Waals surface area contributed by atoms with Crippen molar-refractivity contribution in [2.45, 2.75) is 51.5 Å². The van der Waals surface area contributed by atoms with Gasteiger partial charge in [-0.2, -0.15) is 0 Å². The van der Waals surface area contributed by atoms with Crippen molar-refractivity contribution in [2.24, 2.45) is 17.8 Å². The summed E-state index contributed by atoms with van der Waals surface area (Å²) >= 11 is 5.92. The number of hydrogen-bond acceptors (Lipinski definition) is 1. The van der Waals surface area contributed by atoms with Gasteiger partial charge >= 0.3 is 0 Å². The van der Waals surface area contributed by atoms with Crippen LogP contribution in [0.5, 0.6) is 0 Å². The Balaban J connectivity index is 1.89. The zero-order valence-corrected chi connectivity index (χ0v) is 11.0. The molecule has 0 aromatic carbocycles. The van der Waals surface area contributed by atoms with Crippen LogP contribution in [-0.2, 0) is 4.79 Å². The Kier molecular flexibility index (Phi) is 3.48. The zero-order chi connectivity index (χ0) is 11.8. The topological polar surface area (TPSA) is 29.1 Å². The largest absolute Gasteiger partial charge is 0.349 e. The molecular weight excluding hydrogens is 222 g/mol. The maximum atomic E-state index is 12.1. The van der Waals surface area contributed by atoms with E-state index in [2.05, 4.69) is 12.2 Å². The van der Waals surface area contributed by atoms with E-state index in [1.165, 1.54) is 25.7 Å². The second-order valence-electron chi connectivity index (χ2n) is 5.68. The first-order valence-electron chi connectivity index (χ1n) is 6.49. The number of carbonyl (C=O) groups excluding carboxylic acids is 1. The van der Waals surface area contributed by atoms with Crippen LogP contribution in [0.15, 0.2) is 0 Å². The van der Waals surface area contributed by atoms with Crippen molar-refractivity contribution in [2.75, 3.05) is 5.88 Å². The molecule has 92 valence electrons. The monoisotopic (exact) mass is 243 g/mol. The first-order chi connectivity index (χ1) is 7.61. The van der Waals surface area contributed by atoms with Crippen molar-refractivity contribution in [1.82, 2.24) is 5.32 Å². The maximum absolute atomic E-state index is 12.1. The summed E-state index contributed by atoms with van der Waals surface area (Å²) in [5, 5.41) is 3.14. The van der Waals surface area contributed by atoms with Gasteiger partial charge in [0.15, 0.2) is 0 Å². The molecule has 1 N–H and O–H groups in total. The number of alkyl halides is 1. The Morgan fingerprint density at radius 1 is 1.38 bits per heavy atom. The summed E-state index contributed by atoms with van der Waals surface area (Å²) in [4.78, 5) is 12.1. The second-order valence-corrected chi connectivity index (χ2v) is 5.94. The first kappa shape index (κ1) is 12.2. The average molecular weight is 244 g/mol. The highest BCUT2D eigenvalue weighted by Crippen LogP contribution is 2.55. The summed E-state index contributed by atoms with van der Waals surface area (Å²) in [6, 6.07) is 0. The van der Waals surface area contributed by atoms with Crippen LogP contribution in [-0.4, -0.2) is 17.3 Å². The van der Waals surface area contributed by atoms with Crippen molar-refractivity contribution in [3.05, 3.63) is 0 Å². The Bertz CT molecular complexity index is 263. The third-order valence-corrected chi connectivity index (χ3v) is 5.05. The lowest BCUT2D eigenvalue weighted by Crippen LogP contribution is -2.48. The van der Waals surface area contributed by atoms with Gasteiger partial charge in [-0.25, -0.2) is 0 Å². The molecule has 3 unspecified atom stereocenters. The third kappa shape index (κ3) is 2.22. The summed E-state index contributed by atoms with van der Waals surface area (Å²) < 4.78 is 0. The summed E-state index contributed by atoms with van der Waals surface area (Å²) in [5.41, 5.74) is -0.218. The molecule has 0 saturated heterocycles. The van der Waals surface area contributed by atoms with Crippen LogP contribution >= 0.6 is 11.6 Å². The smallest absolute Gasteiger partial charge is 0.224 e. The van der Waals surface area contributed by atoms with E-state index in [1.54, 1.807) is 0 Å². The Morgan fingerprint density at radius 3 is 2.38 bits per heavy atom. The van der Waals surface area contributed by atoms with E-state index < -0.39 is 0 Å². The number of amides is 1. The second kappa shape index (κ2) is 4.56. The number of fused-ring (bicyclic) bond motifs is 1. The lowest BCUT2D eigenvalue weighted by molar-refractivity contribution is -0.124. The number of rotatable bonds is 4. The quantitative estimate of drug-likeness (QED) is 0.756. The van der Waals surface area contributed by atoms with Crippen molar-refractivity contribution in [3.8, 4) is 0 Å². The Hall–Kier alpha value is -0.240. The molecule has 2 aliphatic carbocycles. The van der Waals surface area contributed by atoms with Crippen molar-refractivity contribution >= 4 is 17.5 Å². The van der Waals surface area contributed by atoms with Gasteiger partial charge in [-0.05, 0) is 38.0 Å². The number of carbonyl (C=O) groups is 1. The van der Waals surface area contributed by atoms with Gasteiger partial charge in [0.25, 0.3) is 0 Å². The molecule has 2 aliphatic rings. The molecule has 0 aliphatic heterocycles. The van der Waals surface area contributed by atoms with E-state index in [-0.39, 0.29) is 11.4 Å². The molecule has 0 radical (unpaired) electrons. The first-order valence-corrected chi connectivity index (χ1v) is 7.03. The fourth-order valence-corrected chi connectivity index (χ4v) is 3.23. The van der Waals surface area contributed by atoms with Crippen LogP contribution in [0.2, 0.25) is 0 Å². The standard InChI is InChI=1S/C13H22ClNO/c1-3-13(2,8-14)15-12(16)11-9-6-4-5-7-10(9)11/h9-11H,3-8H2,1-2H3,(H,15,16). The van der Waals surface area contributed by atoms with Crippen LogP contribution in [0.1, 0.15) is 46.0 Å². The SMILES string of the molecule is CCC(C)(CCl)NC(=O)C1C2CCCCC21. The van der Waals surface area contributed by atoms with Crippen molar-refractivity contribution in [3.63, 3.8) is 0 Å². The summed E-state index contributed by atoms with van der Waals surface area (Å²) in [7, 11) is 0. The highest BCUT2D eigenvalue weighted by molar-refractivity contribution is 6.18. The number of nitrogens with one attached hydrogen (secondary N) is 1. The van der Waals surface area contributed by atoms with Crippen LogP contribution in [0, 0.1) is 17.8 Å². The highest BCUT2D eigenvalue weighted by atomic mass is 35.5. The van der Waals surface area contributed by atoms with E-state index >= 15 is 0 Å². The number of halogens is 1. The fourth-order valence-electron chi connectivity index (χ4n) is 2.98. The van der Waals surface area contributed by atoms with E-state index in [0.717, 1.165) is 6.42 Å². The summed E-state index contributed by atoms with van der Waals surface area (Å²) in [6.45, 7) is 4.10. The van der Waals surface area contributed by atoms with E-state index in [9.17, 15) is 4.79 Å². The maximum Gasteiger partial charge on any atom is 0.224 e. The van der Waals surface area contributed by atoms with Crippen LogP contribution < -0.4 is 5.32 Å². The molecule has 3 heteroatoms. The minimum absolute atomic E-state index is 0.218. The molecule has 3 atom stereocenters. The van der Waals surface area contributed by atoms with E-state index in [0.29, 0.717) is 23.6 Å². The zero-order valence-electron chi connectivity index (χ0n) is 10.3. The van der Waals surface area contributed by atoms with Crippen LogP contribution in [0.3, 0.4) is 0 Å². The predicted octanol–water partition coefficient (Wildman–Crippen LogP) is 2.95.